The second-order valence-electron chi connectivity index (χ2n) is 7.19. The van der Waals surface area contributed by atoms with E-state index >= 15 is 0 Å². The lowest BCUT2D eigenvalue weighted by Crippen LogP contribution is -2.42. The number of hydrogen-bond donors (Lipinski definition) is 2. The topological polar surface area (TPSA) is 61.0 Å². The van der Waals surface area contributed by atoms with Crippen molar-refractivity contribution in [1.29, 1.82) is 0 Å². The van der Waals surface area contributed by atoms with Crippen molar-refractivity contribution in [1.82, 2.24) is 5.32 Å². The maximum absolute atomic E-state index is 6.12. The summed E-state index contributed by atoms with van der Waals surface area (Å²) in [6.45, 7) is 4.13. The summed E-state index contributed by atoms with van der Waals surface area (Å²) in [7, 11) is 4.88. The fraction of sp³-hybridized carbons (Fsp3) is 0.381. The average molecular weight is 403 g/mol. The molecule has 7 heteroatoms. The van der Waals surface area contributed by atoms with Crippen LogP contribution in [0, 0.1) is 0 Å². The summed E-state index contributed by atoms with van der Waals surface area (Å²) in [5, 5.41) is 7.12. The lowest BCUT2D eigenvalue weighted by atomic mass is 9.89. The highest BCUT2D eigenvalue weighted by Crippen LogP contribution is 2.41. The first-order chi connectivity index (χ1) is 13.3. The van der Waals surface area contributed by atoms with Gasteiger partial charge in [0, 0.05) is 18.1 Å². The van der Waals surface area contributed by atoms with Gasteiger partial charge in [-0.2, -0.15) is 0 Å². The highest BCUT2D eigenvalue weighted by atomic mass is 32.1. The molecule has 3 rings (SSSR count). The molecule has 2 aromatic carbocycles. The Morgan fingerprint density at radius 3 is 2.39 bits per heavy atom. The van der Waals surface area contributed by atoms with E-state index in [1.165, 1.54) is 0 Å². The minimum absolute atomic E-state index is 0.0157. The SMILES string of the molecule is COc1ccc(NC(=S)N[C@@H]2CC(C)(C)Oc3ccc(OC)cc32)c(OC)c1. The summed E-state index contributed by atoms with van der Waals surface area (Å²) in [5.74, 6) is 2.98. The largest absolute Gasteiger partial charge is 0.497 e. The summed E-state index contributed by atoms with van der Waals surface area (Å²) < 4.78 is 22.2. The first-order valence-corrected chi connectivity index (χ1v) is 9.42. The molecular weight excluding hydrogens is 376 g/mol. The van der Waals surface area contributed by atoms with E-state index in [1.54, 1.807) is 21.3 Å². The van der Waals surface area contributed by atoms with Crippen molar-refractivity contribution in [2.45, 2.75) is 31.9 Å². The highest BCUT2D eigenvalue weighted by Gasteiger charge is 2.34. The van der Waals surface area contributed by atoms with Crippen molar-refractivity contribution in [2.75, 3.05) is 26.6 Å². The molecule has 0 aromatic heterocycles. The summed E-state index contributed by atoms with van der Waals surface area (Å²) in [5.41, 5.74) is 1.47. The van der Waals surface area contributed by atoms with Crippen LogP contribution in [-0.2, 0) is 0 Å². The number of benzene rings is 2. The summed E-state index contributed by atoms with van der Waals surface area (Å²) in [4.78, 5) is 0. The van der Waals surface area contributed by atoms with E-state index < -0.39 is 0 Å². The standard InChI is InChI=1S/C21H26N2O4S/c1-21(2)12-17(15-10-13(24-3)7-9-18(15)27-21)23-20(28)22-16-8-6-14(25-4)11-19(16)26-5/h6-11,17H,12H2,1-5H3,(H2,22,23,28)/t17-/m1/s1. The second-order valence-corrected chi connectivity index (χ2v) is 7.60. The van der Waals surface area contributed by atoms with Crippen molar-refractivity contribution in [3.05, 3.63) is 42.0 Å². The number of methoxy groups -OCH3 is 3. The fourth-order valence-electron chi connectivity index (χ4n) is 3.31. The van der Waals surface area contributed by atoms with Gasteiger partial charge in [0.05, 0.1) is 33.1 Å². The van der Waals surface area contributed by atoms with Gasteiger partial charge in [-0.1, -0.05) is 0 Å². The lowest BCUT2D eigenvalue weighted by molar-refractivity contribution is 0.0695. The predicted molar refractivity (Wildman–Crippen MR) is 114 cm³/mol. The molecule has 28 heavy (non-hydrogen) atoms. The Balaban J connectivity index is 1.80. The Hall–Kier alpha value is -2.67. The number of rotatable bonds is 5. The molecule has 0 aliphatic carbocycles. The molecule has 0 amide bonds. The van der Waals surface area contributed by atoms with Gasteiger partial charge in [0.1, 0.15) is 28.6 Å². The van der Waals surface area contributed by atoms with Crippen LogP contribution in [0.5, 0.6) is 23.0 Å². The van der Waals surface area contributed by atoms with Crippen LogP contribution >= 0.6 is 12.2 Å². The number of anilines is 1. The third-order valence-corrected chi connectivity index (χ3v) is 4.86. The predicted octanol–water partition coefficient (Wildman–Crippen LogP) is 4.30. The minimum Gasteiger partial charge on any atom is -0.497 e. The molecule has 0 radical (unpaired) electrons. The molecule has 0 bridgehead atoms. The number of thiocarbonyl (C=S) groups is 1. The molecule has 2 N–H and O–H groups in total. The third-order valence-electron chi connectivity index (χ3n) is 4.64. The van der Waals surface area contributed by atoms with E-state index in [0.717, 1.165) is 29.2 Å². The van der Waals surface area contributed by atoms with E-state index in [2.05, 4.69) is 24.5 Å². The van der Waals surface area contributed by atoms with Gasteiger partial charge in [0.25, 0.3) is 0 Å². The van der Waals surface area contributed by atoms with E-state index in [-0.39, 0.29) is 11.6 Å². The van der Waals surface area contributed by atoms with E-state index in [9.17, 15) is 0 Å². The number of nitrogens with one attached hydrogen (secondary N) is 2. The first-order valence-electron chi connectivity index (χ1n) is 9.01. The van der Waals surface area contributed by atoms with Crippen LogP contribution in [0.15, 0.2) is 36.4 Å². The van der Waals surface area contributed by atoms with Crippen LogP contribution in [0.1, 0.15) is 31.9 Å². The second kappa shape index (κ2) is 8.14. The van der Waals surface area contributed by atoms with Gasteiger partial charge in [-0.25, -0.2) is 0 Å². The molecule has 0 fully saturated rings. The maximum atomic E-state index is 6.12. The van der Waals surface area contributed by atoms with Crippen molar-refractivity contribution in [2.24, 2.45) is 0 Å². The molecule has 1 aliphatic heterocycles. The summed E-state index contributed by atoms with van der Waals surface area (Å²) in [6, 6.07) is 11.3. The van der Waals surface area contributed by atoms with E-state index in [4.69, 9.17) is 31.2 Å². The molecule has 0 saturated carbocycles. The summed E-state index contributed by atoms with van der Waals surface area (Å²) >= 11 is 5.57. The zero-order valence-electron chi connectivity index (χ0n) is 16.8. The number of fused-ring (bicyclic) bond motifs is 1. The Kier molecular flexibility index (Phi) is 5.84. The number of ether oxygens (including phenoxy) is 4. The molecule has 150 valence electrons. The van der Waals surface area contributed by atoms with Crippen molar-refractivity contribution >= 4 is 23.0 Å². The fourth-order valence-corrected chi connectivity index (χ4v) is 3.56. The van der Waals surface area contributed by atoms with Crippen molar-refractivity contribution in [3.8, 4) is 23.0 Å². The van der Waals surface area contributed by atoms with Crippen molar-refractivity contribution in [3.63, 3.8) is 0 Å². The molecule has 6 nitrogen and oxygen atoms in total. The molecule has 0 spiro atoms. The normalized spacial score (nSPS) is 17.0. The van der Waals surface area contributed by atoms with Crippen LogP contribution < -0.4 is 29.6 Å². The zero-order chi connectivity index (χ0) is 20.3. The quantitative estimate of drug-likeness (QED) is 0.723. The highest BCUT2D eigenvalue weighted by molar-refractivity contribution is 7.80. The maximum Gasteiger partial charge on any atom is 0.171 e. The Labute approximate surface area is 171 Å². The van der Waals surface area contributed by atoms with Crippen molar-refractivity contribution < 1.29 is 18.9 Å². The molecule has 0 unspecified atom stereocenters. The Bertz CT molecular complexity index is 869. The molecule has 0 saturated heterocycles. The molecule has 1 heterocycles. The summed E-state index contributed by atoms with van der Waals surface area (Å²) in [6.07, 6.45) is 0.759. The Morgan fingerprint density at radius 1 is 1.04 bits per heavy atom. The molecular formula is C21H26N2O4S. The molecule has 1 aliphatic rings. The van der Waals surface area contributed by atoms with Crippen LogP contribution in [0.3, 0.4) is 0 Å². The average Bonchev–Trinajstić information content (AvgIpc) is 2.67. The third kappa shape index (κ3) is 4.42. The van der Waals surface area contributed by atoms with Crippen LogP contribution in [0.2, 0.25) is 0 Å². The lowest BCUT2D eigenvalue weighted by Gasteiger charge is -2.38. The van der Waals surface area contributed by atoms with Gasteiger partial charge in [-0.3, -0.25) is 0 Å². The smallest absolute Gasteiger partial charge is 0.171 e. The van der Waals surface area contributed by atoms with Gasteiger partial charge in [0.2, 0.25) is 0 Å². The van der Waals surface area contributed by atoms with Crippen LogP contribution in [-0.4, -0.2) is 32.0 Å². The van der Waals surface area contributed by atoms with Crippen LogP contribution in [0.25, 0.3) is 0 Å². The van der Waals surface area contributed by atoms with Gasteiger partial charge >= 0.3 is 0 Å². The monoisotopic (exact) mass is 402 g/mol. The molecule has 2 aromatic rings. The Morgan fingerprint density at radius 2 is 1.71 bits per heavy atom. The van der Waals surface area contributed by atoms with E-state index in [1.807, 2.05) is 36.4 Å². The van der Waals surface area contributed by atoms with Gasteiger partial charge in [-0.05, 0) is 56.4 Å². The molecule has 1 atom stereocenters. The van der Waals surface area contributed by atoms with Gasteiger partial charge < -0.3 is 29.6 Å². The number of hydrogen-bond acceptors (Lipinski definition) is 5. The zero-order valence-corrected chi connectivity index (χ0v) is 17.6. The van der Waals surface area contributed by atoms with Crippen LogP contribution in [0.4, 0.5) is 5.69 Å². The first kappa shape index (κ1) is 20.1. The van der Waals surface area contributed by atoms with E-state index in [0.29, 0.717) is 16.6 Å². The van der Waals surface area contributed by atoms with Gasteiger partial charge in [-0.15, -0.1) is 0 Å². The minimum atomic E-state index is -0.313. The van der Waals surface area contributed by atoms with Gasteiger partial charge in [0.15, 0.2) is 5.11 Å².